The van der Waals surface area contributed by atoms with E-state index in [4.69, 9.17) is 4.74 Å². The summed E-state index contributed by atoms with van der Waals surface area (Å²) in [7, 11) is 1.70. The number of carbonyl (C=O) groups excluding carboxylic acids is 1. The van der Waals surface area contributed by atoms with E-state index < -0.39 is 0 Å². The van der Waals surface area contributed by atoms with E-state index in [1.807, 2.05) is 35.2 Å². The van der Waals surface area contributed by atoms with Crippen LogP contribution in [-0.2, 0) is 15.1 Å². The number of rotatable bonds is 3. The molecule has 2 fully saturated rings. The highest BCUT2D eigenvalue weighted by molar-refractivity contribution is 5.80. The highest BCUT2D eigenvalue weighted by Gasteiger charge is 2.48. The lowest BCUT2D eigenvalue weighted by Crippen LogP contribution is -2.63. The number of hydrogen-bond donors (Lipinski definition) is 1. The van der Waals surface area contributed by atoms with E-state index in [0.29, 0.717) is 19.5 Å². The summed E-state index contributed by atoms with van der Waals surface area (Å²) in [4.78, 5) is 14.2. The Hall–Kier alpha value is -1.39. The van der Waals surface area contributed by atoms with Gasteiger partial charge in [-0.1, -0.05) is 30.3 Å². The maximum atomic E-state index is 12.4. The molecule has 1 aliphatic heterocycles. The van der Waals surface area contributed by atoms with Crippen molar-refractivity contribution in [2.24, 2.45) is 5.92 Å². The van der Waals surface area contributed by atoms with Gasteiger partial charge in [0.05, 0.1) is 19.2 Å². The number of carbonyl (C=O) groups is 1. The molecule has 3 rings (SSSR count). The van der Waals surface area contributed by atoms with E-state index in [1.54, 1.807) is 7.11 Å². The molecule has 1 saturated carbocycles. The largest absolute Gasteiger partial charge is 0.393 e. The molecule has 0 spiro atoms. The van der Waals surface area contributed by atoms with E-state index in [9.17, 15) is 9.90 Å². The van der Waals surface area contributed by atoms with Crippen molar-refractivity contribution < 1.29 is 14.6 Å². The third-order valence-electron chi connectivity index (χ3n) is 4.65. The smallest absolute Gasteiger partial charge is 0.226 e. The number of benzene rings is 1. The zero-order valence-corrected chi connectivity index (χ0v) is 11.8. The van der Waals surface area contributed by atoms with Crippen molar-refractivity contribution in [2.45, 2.75) is 31.0 Å². The first kappa shape index (κ1) is 13.6. The van der Waals surface area contributed by atoms with Crippen LogP contribution in [0.25, 0.3) is 0 Å². The fourth-order valence-electron chi connectivity index (χ4n) is 3.34. The van der Waals surface area contributed by atoms with Gasteiger partial charge in [0.25, 0.3) is 0 Å². The molecule has 2 aliphatic rings. The van der Waals surface area contributed by atoms with E-state index in [1.165, 1.54) is 0 Å². The molecule has 4 heteroatoms. The van der Waals surface area contributed by atoms with Crippen LogP contribution in [0.2, 0.25) is 0 Å². The third-order valence-corrected chi connectivity index (χ3v) is 4.65. The molecule has 0 aromatic heterocycles. The summed E-state index contributed by atoms with van der Waals surface area (Å²) >= 11 is 0. The fourth-order valence-corrected chi connectivity index (χ4v) is 3.34. The molecule has 1 N–H and O–H groups in total. The number of aliphatic hydroxyl groups excluding tert-OH is 1. The summed E-state index contributed by atoms with van der Waals surface area (Å²) in [5, 5.41) is 9.55. The van der Waals surface area contributed by atoms with E-state index in [2.05, 4.69) is 0 Å². The third kappa shape index (κ3) is 2.23. The molecule has 0 bridgehead atoms. The summed E-state index contributed by atoms with van der Waals surface area (Å²) in [5.41, 5.74) is 0.770. The Morgan fingerprint density at radius 3 is 2.55 bits per heavy atom. The monoisotopic (exact) mass is 275 g/mol. The SMILES string of the molecule is COC1(c2ccccc2)CN(C(=O)[C@@H]2CC[C@@H](O)C2)C1. The summed E-state index contributed by atoms with van der Waals surface area (Å²) in [6, 6.07) is 10.1. The van der Waals surface area contributed by atoms with Gasteiger partial charge < -0.3 is 14.7 Å². The molecule has 0 unspecified atom stereocenters. The molecule has 108 valence electrons. The van der Waals surface area contributed by atoms with Crippen molar-refractivity contribution in [3.05, 3.63) is 35.9 Å². The molecule has 1 aromatic rings. The van der Waals surface area contributed by atoms with Gasteiger partial charge in [0.2, 0.25) is 5.91 Å². The van der Waals surface area contributed by atoms with E-state index in [0.717, 1.165) is 18.4 Å². The Kier molecular flexibility index (Phi) is 3.52. The van der Waals surface area contributed by atoms with E-state index in [-0.39, 0.29) is 23.5 Å². The van der Waals surface area contributed by atoms with Crippen molar-refractivity contribution in [2.75, 3.05) is 20.2 Å². The van der Waals surface area contributed by atoms with Gasteiger partial charge in [-0.25, -0.2) is 0 Å². The predicted molar refractivity (Wildman–Crippen MR) is 75.1 cm³/mol. The van der Waals surface area contributed by atoms with Crippen LogP contribution in [0.3, 0.4) is 0 Å². The molecule has 4 nitrogen and oxygen atoms in total. The van der Waals surface area contributed by atoms with Crippen LogP contribution in [0.1, 0.15) is 24.8 Å². The topological polar surface area (TPSA) is 49.8 Å². The molecule has 0 radical (unpaired) electrons. The average Bonchev–Trinajstić information content (AvgIpc) is 2.86. The lowest BCUT2D eigenvalue weighted by Gasteiger charge is -2.50. The van der Waals surface area contributed by atoms with E-state index >= 15 is 0 Å². The minimum Gasteiger partial charge on any atom is -0.393 e. The van der Waals surface area contributed by atoms with Crippen LogP contribution < -0.4 is 0 Å². The van der Waals surface area contributed by atoms with Gasteiger partial charge in [-0.15, -0.1) is 0 Å². The summed E-state index contributed by atoms with van der Waals surface area (Å²) < 4.78 is 5.68. The van der Waals surface area contributed by atoms with Gasteiger partial charge in [-0.3, -0.25) is 4.79 Å². The second kappa shape index (κ2) is 5.19. The quantitative estimate of drug-likeness (QED) is 0.910. The van der Waals surface area contributed by atoms with Crippen LogP contribution in [-0.4, -0.2) is 42.2 Å². The van der Waals surface area contributed by atoms with Crippen LogP contribution in [0, 0.1) is 5.92 Å². The van der Waals surface area contributed by atoms with Gasteiger partial charge >= 0.3 is 0 Å². The molecule has 1 aromatic carbocycles. The number of likely N-dealkylation sites (tertiary alicyclic amines) is 1. The Balaban J connectivity index is 1.66. The van der Waals surface area contributed by atoms with Crippen molar-refractivity contribution in [3.63, 3.8) is 0 Å². The first-order valence-corrected chi connectivity index (χ1v) is 7.22. The number of methoxy groups -OCH3 is 1. The van der Waals surface area contributed by atoms with Crippen molar-refractivity contribution in [1.29, 1.82) is 0 Å². The van der Waals surface area contributed by atoms with Gasteiger partial charge in [-0.2, -0.15) is 0 Å². The summed E-state index contributed by atoms with van der Waals surface area (Å²) in [6.45, 7) is 1.22. The zero-order chi connectivity index (χ0) is 14.2. The van der Waals surface area contributed by atoms with Crippen molar-refractivity contribution >= 4 is 5.91 Å². The Labute approximate surface area is 119 Å². The Morgan fingerprint density at radius 2 is 2.00 bits per heavy atom. The van der Waals surface area contributed by atoms with Crippen LogP contribution in [0.4, 0.5) is 0 Å². The van der Waals surface area contributed by atoms with Gasteiger partial charge in [-0.05, 0) is 24.8 Å². The Bertz CT molecular complexity index is 482. The number of aliphatic hydroxyl groups is 1. The van der Waals surface area contributed by atoms with Crippen LogP contribution in [0.5, 0.6) is 0 Å². The minimum atomic E-state index is -0.353. The number of hydrogen-bond acceptors (Lipinski definition) is 3. The lowest BCUT2D eigenvalue weighted by atomic mass is 9.84. The molecular formula is C16H21NO3. The summed E-state index contributed by atoms with van der Waals surface area (Å²) in [5.74, 6) is 0.167. The van der Waals surface area contributed by atoms with Gasteiger partial charge in [0.1, 0.15) is 5.60 Å². The average molecular weight is 275 g/mol. The molecule has 20 heavy (non-hydrogen) atoms. The summed E-state index contributed by atoms with van der Waals surface area (Å²) in [6.07, 6.45) is 1.87. The number of ether oxygens (including phenoxy) is 1. The van der Waals surface area contributed by atoms with Crippen LogP contribution in [0.15, 0.2) is 30.3 Å². The molecule has 1 aliphatic carbocycles. The lowest BCUT2D eigenvalue weighted by molar-refractivity contribution is -0.168. The fraction of sp³-hybridized carbons (Fsp3) is 0.562. The second-order valence-corrected chi connectivity index (χ2v) is 5.92. The first-order chi connectivity index (χ1) is 9.64. The minimum absolute atomic E-state index is 0.00405. The maximum Gasteiger partial charge on any atom is 0.226 e. The predicted octanol–water partition coefficient (Wildman–Crippen LogP) is 1.53. The Morgan fingerprint density at radius 1 is 1.30 bits per heavy atom. The number of amides is 1. The zero-order valence-electron chi connectivity index (χ0n) is 11.8. The highest BCUT2D eigenvalue weighted by Crippen LogP contribution is 2.38. The number of nitrogens with zero attached hydrogens (tertiary/aromatic N) is 1. The standard InChI is InChI=1S/C16H21NO3/c1-20-16(13-5-3-2-4-6-13)10-17(11-16)15(19)12-7-8-14(18)9-12/h2-6,12,14,18H,7-11H2,1H3/t12-,14-/m1/s1. The van der Waals surface area contributed by atoms with Crippen molar-refractivity contribution in [1.82, 2.24) is 4.90 Å². The molecule has 2 atom stereocenters. The normalized spacial score (nSPS) is 28.2. The first-order valence-electron chi connectivity index (χ1n) is 7.22. The van der Waals surface area contributed by atoms with Crippen molar-refractivity contribution in [3.8, 4) is 0 Å². The molecule has 1 saturated heterocycles. The second-order valence-electron chi connectivity index (χ2n) is 5.92. The van der Waals surface area contributed by atoms with Gasteiger partial charge in [0, 0.05) is 13.0 Å². The molecule has 1 amide bonds. The molecular weight excluding hydrogens is 254 g/mol. The highest BCUT2D eigenvalue weighted by atomic mass is 16.5. The van der Waals surface area contributed by atoms with Gasteiger partial charge in [0.15, 0.2) is 0 Å². The molecule has 1 heterocycles. The van der Waals surface area contributed by atoms with Crippen LogP contribution >= 0.6 is 0 Å². The maximum absolute atomic E-state index is 12.4.